The van der Waals surface area contributed by atoms with Gasteiger partial charge in [-0.3, -0.25) is 0 Å². The third kappa shape index (κ3) is 6.18. The van der Waals surface area contributed by atoms with Gasteiger partial charge in [-0.2, -0.15) is 0 Å². The van der Waals surface area contributed by atoms with Crippen LogP contribution in [-0.2, 0) is 22.3 Å². The molecule has 0 bridgehead atoms. The summed E-state index contributed by atoms with van der Waals surface area (Å²) < 4.78 is 14.8. The molecule has 1 atom stereocenters. The summed E-state index contributed by atoms with van der Waals surface area (Å²) in [6.07, 6.45) is 1.81. The molecule has 5 nitrogen and oxygen atoms in total. The molecule has 6 heteroatoms. The molecule has 0 aliphatic heterocycles. The first-order chi connectivity index (χ1) is 14.7. The van der Waals surface area contributed by atoms with Crippen molar-refractivity contribution in [3.63, 3.8) is 0 Å². The fourth-order valence-electron chi connectivity index (χ4n) is 3.36. The van der Waals surface area contributed by atoms with Gasteiger partial charge >= 0.3 is 0 Å². The maximum atomic E-state index is 6.42. The zero-order valence-electron chi connectivity index (χ0n) is 19.6. The molecule has 0 unspecified atom stereocenters. The SMILES string of the molecule is CC(C)(C)[Si](C)(C)OCC[C@@H](CCn1c(N)nc2ccccc21)OCc1ccccc1. The Morgan fingerprint density at radius 1 is 1.00 bits per heavy atom. The summed E-state index contributed by atoms with van der Waals surface area (Å²) in [4.78, 5) is 4.49. The van der Waals surface area contributed by atoms with Crippen molar-refractivity contribution in [3.8, 4) is 0 Å². The first kappa shape index (κ1) is 23.5. The normalized spacial score (nSPS) is 13.6. The molecular weight excluding hydrogens is 402 g/mol. The van der Waals surface area contributed by atoms with E-state index in [1.165, 1.54) is 5.56 Å². The van der Waals surface area contributed by atoms with E-state index >= 15 is 0 Å². The maximum Gasteiger partial charge on any atom is 0.201 e. The van der Waals surface area contributed by atoms with Crippen molar-refractivity contribution in [1.82, 2.24) is 9.55 Å². The summed E-state index contributed by atoms with van der Waals surface area (Å²) in [6.45, 7) is 13.5. The molecule has 0 amide bonds. The van der Waals surface area contributed by atoms with Gasteiger partial charge in [0, 0.05) is 13.2 Å². The Bertz CT molecular complexity index is 964. The van der Waals surface area contributed by atoms with Gasteiger partial charge in [-0.15, -0.1) is 0 Å². The molecule has 31 heavy (non-hydrogen) atoms. The minimum atomic E-state index is -1.77. The average Bonchev–Trinajstić information content (AvgIpc) is 3.04. The molecule has 2 aromatic carbocycles. The molecule has 1 heterocycles. The van der Waals surface area contributed by atoms with Gasteiger partial charge in [-0.1, -0.05) is 63.2 Å². The number of rotatable bonds is 10. The van der Waals surface area contributed by atoms with Crippen molar-refractivity contribution in [3.05, 3.63) is 60.2 Å². The molecule has 1 aromatic heterocycles. The number of fused-ring (bicyclic) bond motifs is 1. The van der Waals surface area contributed by atoms with Gasteiger partial charge < -0.3 is 19.5 Å². The lowest BCUT2D eigenvalue weighted by molar-refractivity contribution is 0.0177. The molecule has 3 rings (SSSR count). The Morgan fingerprint density at radius 3 is 2.39 bits per heavy atom. The van der Waals surface area contributed by atoms with Crippen LogP contribution in [0.15, 0.2) is 54.6 Å². The van der Waals surface area contributed by atoms with Crippen LogP contribution >= 0.6 is 0 Å². The van der Waals surface area contributed by atoms with E-state index < -0.39 is 8.32 Å². The lowest BCUT2D eigenvalue weighted by Crippen LogP contribution is -2.41. The third-order valence-corrected chi connectivity index (χ3v) is 10.9. The van der Waals surface area contributed by atoms with Crippen molar-refractivity contribution >= 4 is 25.3 Å². The van der Waals surface area contributed by atoms with E-state index in [9.17, 15) is 0 Å². The number of nitrogen functional groups attached to an aromatic ring is 1. The highest BCUT2D eigenvalue weighted by Crippen LogP contribution is 2.36. The largest absolute Gasteiger partial charge is 0.417 e. The van der Waals surface area contributed by atoms with Crippen LogP contribution in [0.2, 0.25) is 18.1 Å². The lowest BCUT2D eigenvalue weighted by Gasteiger charge is -2.36. The standard InChI is InChI=1S/C25H37N3O2Si/c1-25(2,3)31(4,5)30-18-16-21(29-19-20-11-7-6-8-12-20)15-17-28-23-14-10-9-13-22(23)27-24(28)26/h6-14,21H,15-19H2,1-5H3,(H2,26,27)/t21-/m1/s1. The van der Waals surface area contributed by atoms with E-state index in [0.717, 1.165) is 37.0 Å². The Morgan fingerprint density at radius 2 is 1.68 bits per heavy atom. The summed E-state index contributed by atoms with van der Waals surface area (Å²) in [6, 6.07) is 18.4. The van der Waals surface area contributed by atoms with E-state index in [4.69, 9.17) is 14.9 Å². The lowest BCUT2D eigenvalue weighted by atomic mass is 10.1. The number of imidazole rings is 1. The molecule has 0 saturated carbocycles. The number of benzene rings is 2. The Balaban J connectivity index is 1.65. The van der Waals surface area contributed by atoms with E-state index in [1.807, 2.05) is 36.4 Å². The molecule has 0 radical (unpaired) electrons. The van der Waals surface area contributed by atoms with Gasteiger partial charge in [-0.25, -0.2) is 4.98 Å². The number of aryl methyl sites for hydroxylation is 1. The predicted molar refractivity (Wildman–Crippen MR) is 132 cm³/mol. The molecule has 2 N–H and O–H groups in total. The molecule has 0 aliphatic carbocycles. The zero-order chi connectivity index (χ0) is 22.5. The van der Waals surface area contributed by atoms with Crippen molar-refractivity contribution in [2.75, 3.05) is 12.3 Å². The summed E-state index contributed by atoms with van der Waals surface area (Å²) in [7, 11) is -1.77. The van der Waals surface area contributed by atoms with Crippen LogP contribution < -0.4 is 5.73 Å². The smallest absolute Gasteiger partial charge is 0.201 e. The molecule has 0 aliphatic rings. The second-order valence-corrected chi connectivity index (χ2v) is 14.5. The van der Waals surface area contributed by atoms with Crippen molar-refractivity contribution in [2.24, 2.45) is 0 Å². The van der Waals surface area contributed by atoms with E-state index in [0.29, 0.717) is 12.6 Å². The Hall–Kier alpha value is -2.15. The third-order valence-electron chi connectivity index (χ3n) is 6.40. The van der Waals surface area contributed by atoms with Crippen LogP contribution in [0.4, 0.5) is 5.95 Å². The van der Waals surface area contributed by atoms with Crippen LogP contribution in [0.3, 0.4) is 0 Å². The number of ether oxygens (including phenoxy) is 1. The quantitative estimate of drug-likeness (QED) is 0.393. The van der Waals surface area contributed by atoms with Gasteiger partial charge in [0.05, 0.1) is 23.7 Å². The number of aromatic nitrogens is 2. The molecule has 3 aromatic rings. The summed E-state index contributed by atoms with van der Waals surface area (Å²) in [5.74, 6) is 0.556. The summed E-state index contributed by atoms with van der Waals surface area (Å²) >= 11 is 0. The van der Waals surface area contributed by atoms with Crippen LogP contribution in [0, 0.1) is 0 Å². The fourth-order valence-corrected chi connectivity index (χ4v) is 4.42. The Kier molecular flexibility index (Phi) is 7.57. The molecule has 0 spiro atoms. The molecule has 168 valence electrons. The summed E-state index contributed by atoms with van der Waals surface area (Å²) in [5, 5.41) is 0.206. The van der Waals surface area contributed by atoms with Crippen LogP contribution in [-0.4, -0.2) is 30.6 Å². The highest BCUT2D eigenvalue weighted by molar-refractivity contribution is 6.74. The Labute approximate surface area is 187 Å². The number of nitrogens with zero attached hydrogens (tertiary/aromatic N) is 2. The summed E-state index contributed by atoms with van der Waals surface area (Å²) in [5.41, 5.74) is 9.39. The van der Waals surface area contributed by atoms with Crippen LogP contribution in [0.25, 0.3) is 11.0 Å². The number of hydrogen-bond donors (Lipinski definition) is 1. The van der Waals surface area contributed by atoms with E-state index in [2.05, 4.69) is 61.6 Å². The monoisotopic (exact) mass is 439 g/mol. The van der Waals surface area contributed by atoms with Crippen molar-refractivity contribution < 1.29 is 9.16 Å². The zero-order valence-corrected chi connectivity index (χ0v) is 20.6. The minimum Gasteiger partial charge on any atom is -0.417 e. The maximum absolute atomic E-state index is 6.42. The average molecular weight is 440 g/mol. The first-order valence-electron chi connectivity index (χ1n) is 11.2. The van der Waals surface area contributed by atoms with Gasteiger partial charge in [0.2, 0.25) is 5.95 Å². The highest BCUT2D eigenvalue weighted by atomic mass is 28.4. The molecular formula is C25H37N3O2Si. The van der Waals surface area contributed by atoms with Crippen molar-refractivity contribution in [2.45, 2.75) is 71.0 Å². The second-order valence-electron chi connectivity index (χ2n) is 9.72. The van der Waals surface area contributed by atoms with E-state index in [1.54, 1.807) is 0 Å². The second kappa shape index (κ2) is 9.98. The molecule has 0 saturated heterocycles. The number of para-hydroxylation sites is 2. The number of anilines is 1. The first-order valence-corrected chi connectivity index (χ1v) is 14.1. The fraction of sp³-hybridized carbons (Fsp3) is 0.480. The van der Waals surface area contributed by atoms with Gasteiger partial charge in [0.15, 0.2) is 8.32 Å². The number of nitrogens with two attached hydrogens (primary N) is 1. The van der Waals surface area contributed by atoms with E-state index in [-0.39, 0.29) is 11.1 Å². The van der Waals surface area contributed by atoms with Crippen LogP contribution in [0.1, 0.15) is 39.2 Å². The van der Waals surface area contributed by atoms with Crippen molar-refractivity contribution in [1.29, 1.82) is 0 Å². The molecule has 0 fully saturated rings. The van der Waals surface area contributed by atoms with Crippen LogP contribution in [0.5, 0.6) is 0 Å². The van der Waals surface area contributed by atoms with Gasteiger partial charge in [-0.05, 0) is 48.7 Å². The highest BCUT2D eigenvalue weighted by Gasteiger charge is 2.37. The van der Waals surface area contributed by atoms with Gasteiger partial charge in [0.1, 0.15) is 0 Å². The minimum absolute atomic E-state index is 0.0885. The number of hydrogen-bond acceptors (Lipinski definition) is 4. The van der Waals surface area contributed by atoms with Gasteiger partial charge in [0.25, 0.3) is 0 Å². The predicted octanol–water partition coefficient (Wildman–Crippen LogP) is 6.01. The topological polar surface area (TPSA) is 62.3 Å².